The summed E-state index contributed by atoms with van der Waals surface area (Å²) in [6, 6.07) is 0. The van der Waals surface area contributed by atoms with E-state index in [0.717, 1.165) is 0 Å². The van der Waals surface area contributed by atoms with Crippen LogP contribution in [0.25, 0.3) is 0 Å². The van der Waals surface area contributed by atoms with Crippen molar-refractivity contribution in [3.63, 3.8) is 0 Å². The molecule has 0 N–H and O–H groups in total. The molecule has 34 valence electrons. The summed E-state index contributed by atoms with van der Waals surface area (Å²) in [5.41, 5.74) is 0. The molecule has 0 aliphatic heterocycles. The summed E-state index contributed by atoms with van der Waals surface area (Å²) >= 11 is 0. The average molecular weight is 84.1 g/mol. The van der Waals surface area contributed by atoms with Crippen LogP contribution >= 0.6 is 0 Å². The van der Waals surface area contributed by atoms with Crippen molar-refractivity contribution in [2.45, 2.75) is 6.92 Å². The van der Waals surface area contributed by atoms with Crippen molar-refractivity contribution >= 4 is 12.6 Å². The largest absolute Gasteiger partial charge is 0.277 e. The average Bonchev–Trinajstić information content (AvgIpc) is 1.61. The minimum Gasteiger partial charge on any atom is -0.277 e. The van der Waals surface area contributed by atoms with Gasteiger partial charge in [-0.05, 0) is 6.92 Å². The maximum atomic E-state index is 3.67. The monoisotopic (exact) mass is 84.1 g/mol. The van der Waals surface area contributed by atoms with Crippen molar-refractivity contribution in [3.8, 4) is 0 Å². The molecule has 0 aromatic carbocycles. The second-order valence-electron chi connectivity index (χ2n) is 0.781. The number of hydrogen-bond donors (Lipinski definition) is 0. The van der Waals surface area contributed by atoms with E-state index >= 15 is 0 Å². The summed E-state index contributed by atoms with van der Waals surface area (Å²) in [5, 5.41) is 0. The van der Waals surface area contributed by atoms with E-state index in [1.807, 2.05) is 6.92 Å². The van der Waals surface area contributed by atoms with E-state index < -0.39 is 0 Å². The van der Waals surface area contributed by atoms with E-state index in [1.165, 1.54) is 6.34 Å². The summed E-state index contributed by atoms with van der Waals surface area (Å²) in [6.45, 7) is 1.85. The number of aliphatic imine (C=N–C) groups is 2. The van der Waals surface area contributed by atoms with Gasteiger partial charge in [-0.25, -0.2) is 0 Å². The van der Waals surface area contributed by atoms with Gasteiger partial charge in [0.1, 0.15) is 6.34 Å². The van der Waals surface area contributed by atoms with Gasteiger partial charge < -0.3 is 0 Å². The third kappa shape index (κ3) is 3.34. The zero-order valence-corrected chi connectivity index (χ0v) is 4.05. The molecule has 0 rings (SSSR count). The zero-order chi connectivity index (χ0) is 4.83. The van der Waals surface area contributed by atoms with Gasteiger partial charge in [0.15, 0.2) is 0 Å². The lowest BCUT2D eigenvalue weighted by Gasteiger charge is -1.64. The molecule has 0 saturated carbocycles. The van der Waals surface area contributed by atoms with Crippen molar-refractivity contribution in [3.05, 3.63) is 0 Å². The van der Waals surface area contributed by atoms with Gasteiger partial charge in [-0.3, -0.25) is 9.98 Å². The molecule has 0 aliphatic rings. The number of rotatable bonds is 1. The van der Waals surface area contributed by atoms with E-state index in [9.17, 15) is 0 Å². The topological polar surface area (TPSA) is 24.7 Å². The fraction of sp³-hybridized carbons (Fsp3) is 0.500. The third-order valence-electron chi connectivity index (χ3n) is 0.331. The fourth-order valence-corrected chi connectivity index (χ4v) is 0.133. The second kappa shape index (κ2) is 4.34. The Bertz CT molecular complexity index is 53.9. The molecule has 0 radical (unpaired) electrons. The van der Waals surface area contributed by atoms with E-state index in [-0.39, 0.29) is 0 Å². The first-order valence-electron chi connectivity index (χ1n) is 1.80. The van der Waals surface area contributed by atoms with Crippen molar-refractivity contribution in [1.82, 2.24) is 0 Å². The molecular weight excluding hydrogens is 76.1 g/mol. The van der Waals surface area contributed by atoms with Gasteiger partial charge in [-0.2, -0.15) is 0 Å². The van der Waals surface area contributed by atoms with Crippen molar-refractivity contribution in [1.29, 1.82) is 0 Å². The van der Waals surface area contributed by atoms with Crippen LogP contribution in [0.3, 0.4) is 0 Å². The Morgan fingerprint density at radius 1 is 1.50 bits per heavy atom. The molecule has 0 heterocycles. The predicted molar refractivity (Wildman–Crippen MR) is 28.6 cm³/mol. The van der Waals surface area contributed by atoms with Crippen LogP contribution in [0.15, 0.2) is 9.98 Å². The summed E-state index contributed by atoms with van der Waals surface area (Å²) in [7, 11) is 1.69. The highest BCUT2D eigenvalue weighted by Gasteiger charge is 1.48. The molecule has 6 heavy (non-hydrogen) atoms. The standard InChI is InChI=1S/C4H8N2/c1-3-6-4-5-2/h3-4H,1-2H3/b5-4-,6-3-. The lowest BCUT2D eigenvalue weighted by Crippen LogP contribution is -1.61. The Morgan fingerprint density at radius 2 is 2.17 bits per heavy atom. The molecule has 0 aromatic heterocycles. The summed E-state index contributed by atoms with van der Waals surface area (Å²) in [4.78, 5) is 7.28. The Kier molecular flexibility index (Phi) is 3.86. The molecule has 0 atom stereocenters. The molecule has 0 fully saturated rings. The van der Waals surface area contributed by atoms with Gasteiger partial charge in [0.2, 0.25) is 0 Å². The van der Waals surface area contributed by atoms with Crippen molar-refractivity contribution in [2.75, 3.05) is 7.05 Å². The van der Waals surface area contributed by atoms with Crippen LogP contribution in [0, 0.1) is 0 Å². The molecular formula is C4H8N2. The van der Waals surface area contributed by atoms with E-state index in [0.29, 0.717) is 0 Å². The Labute approximate surface area is 37.6 Å². The van der Waals surface area contributed by atoms with Crippen molar-refractivity contribution in [2.24, 2.45) is 9.98 Å². The van der Waals surface area contributed by atoms with Crippen LogP contribution in [0.5, 0.6) is 0 Å². The minimum atomic E-state index is 1.50. The lowest BCUT2D eigenvalue weighted by molar-refractivity contribution is 1.45. The first kappa shape index (κ1) is 5.34. The Morgan fingerprint density at radius 3 is 2.33 bits per heavy atom. The number of hydrogen-bond acceptors (Lipinski definition) is 1. The Balaban J connectivity index is 3.07. The van der Waals surface area contributed by atoms with Crippen LogP contribution in [0.4, 0.5) is 0 Å². The summed E-state index contributed by atoms with van der Waals surface area (Å²) in [5.74, 6) is 0. The minimum absolute atomic E-state index is 1.50. The zero-order valence-electron chi connectivity index (χ0n) is 4.05. The van der Waals surface area contributed by atoms with E-state index in [4.69, 9.17) is 0 Å². The van der Waals surface area contributed by atoms with Crippen molar-refractivity contribution < 1.29 is 0 Å². The molecule has 0 spiro atoms. The maximum absolute atomic E-state index is 3.67. The maximum Gasteiger partial charge on any atom is 0.109 e. The van der Waals surface area contributed by atoms with Gasteiger partial charge in [0, 0.05) is 13.3 Å². The quantitative estimate of drug-likeness (QED) is 0.330. The number of nitrogens with zero attached hydrogens (tertiary/aromatic N) is 2. The van der Waals surface area contributed by atoms with Crippen LogP contribution in [0.2, 0.25) is 0 Å². The van der Waals surface area contributed by atoms with Crippen LogP contribution in [-0.4, -0.2) is 19.6 Å². The van der Waals surface area contributed by atoms with Gasteiger partial charge in [0.25, 0.3) is 0 Å². The second-order valence-corrected chi connectivity index (χ2v) is 0.781. The normalized spacial score (nSPS) is 11.7. The van der Waals surface area contributed by atoms with Crippen LogP contribution in [0.1, 0.15) is 6.92 Å². The first-order chi connectivity index (χ1) is 2.91. The van der Waals surface area contributed by atoms with E-state index in [2.05, 4.69) is 9.98 Å². The van der Waals surface area contributed by atoms with Crippen LogP contribution < -0.4 is 0 Å². The molecule has 0 saturated heterocycles. The highest BCUT2D eigenvalue weighted by atomic mass is 14.8. The highest BCUT2D eigenvalue weighted by molar-refractivity contribution is 5.70. The van der Waals surface area contributed by atoms with E-state index in [1.54, 1.807) is 13.3 Å². The smallest absolute Gasteiger partial charge is 0.109 e. The SMILES string of the molecule is C/C=N\C=N/C. The molecule has 2 heteroatoms. The fourth-order valence-electron chi connectivity index (χ4n) is 0.133. The first-order valence-corrected chi connectivity index (χ1v) is 1.80. The summed E-state index contributed by atoms with van der Waals surface area (Å²) in [6.07, 6.45) is 3.19. The molecule has 0 bridgehead atoms. The molecule has 0 unspecified atom stereocenters. The predicted octanol–water partition coefficient (Wildman–Crippen LogP) is 0.735. The van der Waals surface area contributed by atoms with Gasteiger partial charge >= 0.3 is 0 Å². The summed E-state index contributed by atoms with van der Waals surface area (Å²) < 4.78 is 0. The Hall–Kier alpha value is -0.660. The van der Waals surface area contributed by atoms with Crippen LogP contribution in [-0.2, 0) is 0 Å². The molecule has 0 aromatic rings. The molecule has 0 amide bonds. The van der Waals surface area contributed by atoms with Gasteiger partial charge in [0.05, 0.1) is 0 Å². The highest BCUT2D eigenvalue weighted by Crippen LogP contribution is 1.53. The lowest BCUT2D eigenvalue weighted by atomic mass is 10.9. The van der Waals surface area contributed by atoms with Gasteiger partial charge in [-0.1, -0.05) is 0 Å². The van der Waals surface area contributed by atoms with Gasteiger partial charge in [-0.15, -0.1) is 0 Å². The third-order valence-corrected chi connectivity index (χ3v) is 0.331. The molecule has 0 aliphatic carbocycles. The molecule has 2 nitrogen and oxygen atoms in total.